The van der Waals surface area contributed by atoms with E-state index in [0.29, 0.717) is 15.7 Å². The molecular weight excluding hydrogens is 371 g/mol. The highest BCUT2D eigenvalue weighted by Crippen LogP contribution is 2.31. The van der Waals surface area contributed by atoms with E-state index in [9.17, 15) is 14.9 Å². The number of non-ortho nitro benzene ring substituents is 1. The molecule has 0 aliphatic heterocycles. The molecule has 2 aromatic rings. The monoisotopic (exact) mass is 384 g/mol. The van der Waals surface area contributed by atoms with Crippen molar-refractivity contribution in [2.45, 2.75) is 12.2 Å². The van der Waals surface area contributed by atoms with Gasteiger partial charge >= 0.3 is 0 Å². The van der Waals surface area contributed by atoms with Gasteiger partial charge in [0.05, 0.1) is 21.4 Å². The fraction of sp³-hybridized carbons (Fsp3) is 0.188. The van der Waals surface area contributed by atoms with Crippen LogP contribution in [0.1, 0.15) is 17.7 Å². The maximum absolute atomic E-state index is 12.0. The molecule has 0 heterocycles. The van der Waals surface area contributed by atoms with E-state index in [0.717, 1.165) is 5.56 Å². The van der Waals surface area contributed by atoms with Gasteiger partial charge in [-0.05, 0) is 30.7 Å². The first-order chi connectivity index (χ1) is 11.4. The topological polar surface area (TPSA) is 72.2 Å². The Bertz CT molecular complexity index is 771. The van der Waals surface area contributed by atoms with Crippen molar-refractivity contribution in [3.05, 3.63) is 68.2 Å². The Balaban J connectivity index is 1.95. The molecule has 0 unspecified atom stereocenters. The molecule has 1 amide bonds. The third-order valence-electron chi connectivity index (χ3n) is 3.22. The van der Waals surface area contributed by atoms with Gasteiger partial charge in [-0.25, -0.2) is 0 Å². The van der Waals surface area contributed by atoms with Crippen molar-refractivity contribution < 1.29 is 9.72 Å². The van der Waals surface area contributed by atoms with Crippen molar-refractivity contribution in [2.24, 2.45) is 0 Å². The number of nitro groups is 1. The van der Waals surface area contributed by atoms with Gasteiger partial charge in [-0.15, -0.1) is 11.8 Å². The number of nitrogens with zero attached hydrogens (tertiary/aromatic N) is 1. The van der Waals surface area contributed by atoms with E-state index in [1.165, 1.54) is 23.9 Å². The molecule has 0 aromatic heterocycles. The normalized spacial score (nSPS) is 11.8. The molecule has 1 atom stereocenters. The van der Waals surface area contributed by atoms with Crippen molar-refractivity contribution in [1.29, 1.82) is 0 Å². The summed E-state index contributed by atoms with van der Waals surface area (Å²) in [5, 5.41) is 14.3. The van der Waals surface area contributed by atoms with Crippen LogP contribution in [0.4, 0.5) is 11.4 Å². The first-order valence-corrected chi connectivity index (χ1v) is 8.78. The lowest BCUT2D eigenvalue weighted by Gasteiger charge is -2.12. The number of carbonyl (C=O) groups excluding carboxylic acids is 1. The van der Waals surface area contributed by atoms with Gasteiger partial charge in [0.25, 0.3) is 5.69 Å². The summed E-state index contributed by atoms with van der Waals surface area (Å²) in [5.41, 5.74) is 1.29. The second kappa shape index (κ2) is 8.37. The van der Waals surface area contributed by atoms with Gasteiger partial charge in [0, 0.05) is 22.4 Å². The fourth-order valence-electron chi connectivity index (χ4n) is 1.97. The molecule has 0 fully saturated rings. The SMILES string of the molecule is C[C@H](SCC(=O)Nc1cc(Cl)ccc1Cl)c1cccc([N+](=O)[O-])c1. The van der Waals surface area contributed by atoms with Crippen LogP contribution >= 0.6 is 35.0 Å². The predicted octanol–water partition coefficient (Wildman–Crippen LogP) is 5.33. The van der Waals surface area contributed by atoms with Crippen LogP contribution in [0.15, 0.2) is 42.5 Å². The predicted molar refractivity (Wildman–Crippen MR) is 99.1 cm³/mol. The van der Waals surface area contributed by atoms with Crippen molar-refractivity contribution in [2.75, 3.05) is 11.1 Å². The van der Waals surface area contributed by atoms with Crippen LogP contribution in [-0.2, 0) is 4.79 Å². The minimum absolute atomic E-state index is 0.0371. The summed E-state index contributed by atoms with van der Waals surface area (Å²) in [6, 6.07) is 11.2. The molecule has 0 aliphatic rings. The number of nitro benzene ring substituents is 1. The molecule has 126 valence electrons. The van der Waals surface area contributed by atoms with Gasteiger partial charge < -0.3 is 5.32 Å². The molecular formula is C16H14Cl2N2O3S. The molecule has 2 rings (SSSR count). The van der Waals surface area contributed by atoms with Crippen molar-refractivity contribution >= 4 is 52.2 Å². The summed E-state index contributed by atoms with van der Waals surface area (Å²) < 4.78 is 0. The summed E-state index contributed by atoms with van der Waals surface area (Å²) in [5.74, 6) is -0.0337. The number of benzene rings is 2. The highest BCUT2D eigenvalue weighted by atomic mass is 35.5. The Morgan fingerprint density at radius 2 is 2.04 bits per heavy atom. The van der Waals surface area contributed by atoms with E-state index in [2.05, 4.69) is 5.32 Å². The number of thioether (sulfide) groups is 1. The smallest absolute Gasteiger partial charge is 0.269 e. The van der Waals surface area contributed by atoms with E-state index in [1.54, 1.807) is 30.3 Å². The number of amides is 1. The largest absolute Gasteiger partial charge is 0.324 e. The zero-order chi connectivity index (χ0) is 17.7. The Morgan fingerprint density at radius 1 is 1.29 bits per heavy atom. The standard InChI is InChI=1S/C16H14Cl2N2O3S/c1-10(11-3-2-4-13(7-11)20(22)23)24-9-16(21)19-15-8-12(17)5-6-14(15)18/h2-8,10H,9H2,1H3,(H,19,21)/t10-/m0/s1. The third-order valence-corrected chi connectivity index (χ3v) is 4.98. The van der Waals surface area contributed by atoms with Crippen molar-refractivity contribution in [1.82, 2.24) is 0 Å². The lowest BCUT2D eigenvalue weighted by atomic mass is 10.1. The van der Waals surface area contributed by atoms with Gasteiger partial charge in [-0.2, -0.15) is 0 Å². The van der Waals surface area contributed by atoms with E-state index in [1.807, 2.05) is 6.92 Å². The first kappa shape index (κ1) is 18.6. The first-order valence-electron chi connectivity index (χ1n) is 6.97. The number of rotatable bonds is 6. The van der Waals surface area contributed by atoms with Gasteiger partial charge in [-0.3, -0.25) is 14.9 Å². The maximum atomic E-state index is 12.0. The molecule has 0 bridgehead atoms. The summed E-state index contributed by atoms with van der Waals surface area (Å²) in [6.45, 7) is 1.89. The molecule has 0 saturated carbocycles. The summed E-state index contributed by atoms with van der Waals surface area (Å²) in [7, 11) is 0. The zero-order valence-corrected chi connectivity index (χ0v) is 15.0. The number of hydrogen-bond acceptors (Lipinski definition) is 4. The van der Waals surface area contributed by atoms with Crippen LogP contribution in [0.2, 0.25) is 10.0 Å². The lowest BCUT2D eigenvalue weighted by molar-refractivity contribution is -0.384. The second-order valence-electron chi connectivity index (χ2n) is 4.98. The van der Waals surface area contributed by atoms with E-state index >= 15 is 0 Å². The molecule has 0 spiro atoms. The Labute approximate surface area is 153 Å². The highest BCUT2D eigenvalue weighted by Gasteiger charge is 2.14. The van der Waals surface area contributed by atoms with Crippen LogP contribution in [0.25, 0.3) is 0 Å². The van der Waals surface area contributed by atoms with E-state index < -0.39 is 4.92 Å². The van der Waals surface area contributed by atoms with Gasteiger partial charge in [-0.1, -0.05) is 35.3 Å². The van der Waals surface area contributed by atoms with Gasteiger partial charge in [0.15, 0.2) is 0 Å². The number of nitrogens with one attached hydrogen (secondary N) is 1. The van der Waals surface area contributed by atoms with Gasteiger partial charge in [0.1, 0.15) is 0 Å². The number of carbonyl (C=O) groups is 1. The molecule has 0 aliphatic carbocycles. The molecule has 5 nitrogen and oxygen atoms in total. The van der Waals surface area contributed by atoms with Crippen LogP contribution in [-0.4, -0.2) is 16.6 Å². The molecule has 0 radical (unpaired) electrons. The van der Waals surface area contributed by atoms with Crippen LogP contribution in [0.5, 0.6) is 0 Å². The summed E-state index contributed by atoms with van der Waals surface area (Å²) >= 11 is 13.3. The maximum Gasteiger partial charge on any atom is 0.269 e. The molecule has 1 N–H and O–H groups in total. The zero-order valence-electron chi connectivity index (χ0n) is 12.7. The number of halogens is 2. The number of hydrogen-bond donors (Lipinski definition) is 1. The Hall–Kier alpha value is -1.76. The Morgan fingerprint density at radius 3 is 2.75 bits per heavy atom. The summed E-state index contributed by atoms with van der Waals surface area (Å²) in [6.07, 6.45) is 0. The molecule has 0 saturated heterocycles. The van der Waals surface area contributed by atoms with Gasteiger partial charge in [0.2, 0.25) is 5.91 Å². The summed E-state index contributed by atoms with van der Waals surface area (Å²) in [4.78, 5) is 22.4. The number of anilines is 1. The van der Waals surface area contributed by atoms with Crippen LogP contribution in [0, 0.1) is 10.1 Å². The Kier molecular flexibility index (Phi) is 6.48. The van der Waals surface area contributed by atoms with Crippen molar-refractivity contribution in [3.63, 3.8) is 0 Å². The molecule has 2 aromatic carbocycles. The third kappa shape index (κ3) is 5.12. The van der Waals surface area contributed by atoms with E-state index in [4.69, 9.17) is 23.2 Å². The minimum atomic E-state index is -0.436. The average Bonchev–Trinajstić information content (AvgIpc) is 2.56. The second-order valence-corrected chi connectivity index (χ2v) is 7.15. The molecule has 8 heteroatoms. The fourth-order valence-corrected chi connectivity index (χ4v) is 3.12. The average molecular weight is 385 g/mol. The van der Waals surface area contributed by atoms with E-state index in [-0.39, 0.29) is 22.6 Å². The van der Waals surface area contributed by atoms with Crippen LogP contribution in [0.3, 0.4) is 0 Å². The minimum Gasteiger partial charge on any atom is -0.324 e. The molecule has 24 heavy (non-hydrogen) atoms. The van der Waals surface area contributed by atoms with Crippen molar-refractivity contribution in [3.8, 4) is 0 Å². The lowest BCUT2D eigenvalue weighted by Crippen LogP contribution is -2.15. The highest BCUT2D eigenvalue weighted by molar-refractivity contribution is 8.00. The van der Waals surface area contributed by atoms with Crippen LogP contribution < -0.4 is 5.32 Å². The quantitative estimate of drug-likeness (QED) is 0.539.